The fourth-order valence-corrected chi connectivity index (χ4v) is 4.80. The SMILES string of the molecule is CCCCC(NCCc1ccccc1)S(=O)(=O)NCc1ccc(OCc2ccncc2)cc1. The van der Waals surface area contributed by atoms with Crippen LogP contribution in [0.15, 0.2) is 79.1 Å². The molecule has 7 heteroatoms. The summed E-state index contributed by atoms with van der Waals surface area (Å²) in [6.07, 6.45) is 6.65. The molecule has 2 aromatic carbocycles. The number of nitrogens with zero attached hydrogens (tertiary/aromatic N) is 1. The number of unbranched alkanes of at least 4 members (excludes halogenated alkanes) is 1. The van der Waals surface area contributed by atoms with E-state index in [9.17, 15) is 8.42 Å². The van der Waals surface area contributed by atoms with Gasteiger partial charge in [0.15, 0.2) is 0 Å². The van der Waals surface area contributed by atoms with Gasteiger partial charge in [0, 0.05) is 25.5 Å². The normalized spacial score (nSPS) is 12.4. The van der Waals surface area contributed by atoms with Crippen LogP contribution in [0.25, 0.3) is 0 Å². The highest BCUT2D eigenvalue weighted by atomic mass is 32.2. The van der Waals surface area contributed by atoms with Crippen molar-refractivity contribution in [3.63, 3.8) is 0 Å². The third kappa shape index (κ3) is 8.61. The van der Waals surface area contributed by atoms with Crippen LogP contribution >= 0.6 is 0 Å². The molecule has 1 heterocycles. The third-order valence-electron chi connectivity index (χ3n) is 5.38. The summed E-state index contributed by atoms with van der Waals surface area (Å²) in [6, 6.07) is 21.4. The lowest BCUT2D eigenvalue weighted by molar-refractivity contribution is 0.306. The quantitative estimate of drug-likeness (QED) is 0.367. The Bertz CT molecular complexity index is 1040. The van der Waals surface area contributed by atoms with Crippen LogP contribution in [0, 0.1) is 0 Å². The van der Waals surface area contributed by atoms with Gasteiger partial charge in [-0.05, 0) is 53.8 Å². The molecule has 1 atom stereocenters. The van der Waals surface area contributed by atoms with Crippen LogP contribution in [-0.4, -0.2) is 25.3 Å². The summed E-state index contributed by atoms with van der Waals surface area (Å²) in [5, 5.41) is 2.64. The molecule has 1 aromatic heterocycles. The van der Waals surface area contributed by atoms with Crippen molar-refractivity contribution in [1.82, 2.24) is 15.0 Å². The number of pyridine rings is 1. The van der Waals surface area contributed by atoms with Gasteiger partial charge in [0.05, 0.1) is 0 Å². The molecule has 176 valence electrons. The van der Waals surface area contributed by atoms with E-state index in [0.29, 0.717) is 19.6 Å². The van der Waals surface area contributed by atoms with Gasteiger partial charge in [-0.15, -0.1) is 0 Å². The van der Waals surface area contributed by atoms with Gasteiger partial charge in [-0.2, -0.15) is 0 Å². The molecule has 0 aliphatic rings. The number of hydrogen-bond donors (Lipinski definition) is 2. The van der Waals surface area contributed by atoms with Gasteiger partial charge in [0.1, 0.15) is 17.7 Å². The largest absolute Gasteiger partial charge is 0.489 e. The zero-order chi connectivity index (χ0) is 23.4. The Kier molecular flexibility index (Phi) is 9.87. The molecule has 0 aliphatic heterocycles. The number of aromatic nitrogens is 1. The van der Waals surface area contributed by atoms with Gasteiger partial charge < -0.3 is 4.74 Å². The number of ether oxygens (including phenoxy) is 1. The maximum absolute atomic E-state index is 13.0. The number of hydrogen-bond acceptors (Lipinski definition) is 5. The van der Waals surface area contributed by atoms with Gasteiger partial charge in [0.25, 0.3) is 0 Å². The first kappa shape index (κ1) is 24.9. The molecule has 0 spiro atoms. The Morgan fingerprint density at radius 2 is 1.64 bits per heavy atom. The van der Waals surface area contributed by atoms with E-state index in [2.05, 4.69) is 34.1 Å². The number of sulfonamides is 1. The second-order valence-electron chi connectivity index (χ2n) is 7.97. The van der Waals surface area contributed by atoms with E-state index < -0.39 is 15.4 Å². The first-order valence-electron chi connectivity index (χ1n) is 11.4. The molecular formula is C26H33N3O3S. The Morgan fingerprint density at radius 1 is 0.909 bits per heavy atom. The van der Waals surface area contributed by atoms with Crippen molar-refractivity contribution in [3.05, 3.63) is 95.8 Å². The Balaban J connectivity index is 1.50. The van der Waals surface area contributed by atoms with Gasteiger partial charge in [-0.1, -0.05) is 62.2 Å². The first-order valence-corrected chi connectivity index (χ1v) is 13.0. The lowest BCUT2D eigenvalue weighted by Crippen LogP contribution is -2.44. The van der Waals surface area contributed by atoms with Gasteiger partial charge in [0.2, 0.25) is 10.0 Å². The van der Waals surface area contributed by atoms with Crippen LogP contribution in [0.3, 0.4) is 0 Å². The summed E-state index contributed by atoms with van der Waals surface area (Å²) >= 11 is 0. The fourth-order valence-electron chi connectivity index (χ4n) is 3.41. The summed E-state index contributed by atoms with van der Waals surface area (Å²) in [6.45, 7) is 3.39. The molecule has 6 nitrogen and oxygen atoms in total. The molecule has 0 fully saturated rings. The molecule has 3 rings (SSSR count). The van der Waals surface area contributed by atoms with Crippen LogP contribution in [0.5, 0.6) is 5.75 Å². The van der Waals surface area contributed by atoms with Crippen molar-refractivity contribution in [3.8, 4) is 5.75 Å². The molecule has 2 N–H and O–H groups in total. The van der Waals surface area contributed by atoms with Crippen molar-refractivity contribution in [1.29, 1.82) is 0 Å². The van der Waals surface area contributed by atoms with Crippen molar-refractivity contribution in [2.24, 2.45) is 0 Å². The molecule has 3 aromatic rings. The van der Waals surface area contributed by atoms with E-state index in [1.54, 1.807) is 12.4 Å². The van der Waals surface area contributed by atoms with E-state index in [0.717, 1.165) is 36.1 Å². The first-order chi connectivity index (χ1) is 16.1. The molecule has 0 amide bonds. The molecule has 0 saturated carbocycles. The predicted molar refractivity (Wildman–Crippen MR) is 132 cm³/mol. The summed E-state index contributed by atoms with van der Waals surface area (Å²) in [5.41, 5.74) is 3.11. The number of nitrogens with one attached hydrogen (secondary N) is 2. The molecule has 0 saturated heterocycles. The van der Waals surface area contributed by atoms with Crippen molar-refractivity contribution in [2.75, 3.05) is 6.54 Å². The van der Waals surface area contributed by atoms with Crippen LogP contribution in [0.4, 0.5) is 0 Å². The average Bonchev–Trinajstić information content (AvgIpc) is 2.85. The van der Waals surface area contributed by atoms with Gasteiger partial charge in [-0.3, -0.25) is 10.3 Å². The molecule has 0 aliphatic carbocycles. The molecular weight excluding hydrogens is 434 g/mol. The van der Waals surface area contributed by atoms with E-state index >= 15 is 0 Å². The van der Waals surface area contributed by atoms with E-state index in [1.165, 1.54) is 5.56 Å². The van der Waals surface area contributed by atoms with Crippen molar-refractivity contribution in [2.45, 2.75) is 51.1 Å². The zero-order valence-electron chi connectivity index (χ0n) is 19.1. The molecule has 0 radical (unpaired) electrons. The summed E-state index contributed by atoms with van der Waals surface area (Å²) in [7, 11) is -3.50. The Morgan fingerprint density at radius 3 is 2.33 bits per heavy atom. The van der Waals surface area contributed by atoms with Crippen molar-refractivity contribution < 1.29 is 13.2 Å². The smallest absolute Gasteiger partial charge is 0.227 e. The maximum atomic E-state index is 13.0. The summed E-state index contributed by atoms with van der Waals surface area (Å²) < 4.78 is 34.5. The topological polar surface area (TPSA) is 80.3 Å². The van der Waals surface area contributed by atoms with Gasteiger partial charge >= 0.3 is 0 Å². The standard InChI is InChI=1S/C26H33N3O3S/c1-2-3-9-26(28-19-16-22-7-5-4-6-8-22)33(30,31)29-20-23-10-12-25(13-11-23)32-21-24-14-17-27-18-15-24/h4-8,10-15,17-18,26,28-29H,2-3,9,16,19-21H2,1H3. The van der Waals surface area contributed by atoms with E-state index in [4.69, 9.17) is 4.74 Å². The zero-order valence-corrected chi connectivity index (χ0v) is 19.9. The third-order valence-corrected chi connectivity index (χ3v) is 7.08. The van der Waals surface area contributed by atoms with E-state index in [1.807, 2.05) is 54.6 Å². The minimum Gasteiger partial charge on any atom is -0.489 e. The summed E-state index contributed by atoms with van der Waals surface area (Å²) in [5.74, 6) is 0.738. The Labute approximate surface area is 197 Å². The minimum absolute atomic E-state index is 0.246. The number of rotatable bonds is 14. The molecule has 1 unspecified atom stereocenters. The lowest BCUT2D eigenvalue weighted by Gasteiger charge is -2.20. The average molecular weight is 468 g/mol. The van der Waals surface area contributed by atoms with Gasteiger partial charge in [-0.25, -0.2) is 13.1 Å². The Hall–Kier alpha value is -2.74. The summed E-state index contributed by atoms with van der Waals surface area (Å²) in [4.78, 5) is 4.00. The van der Waals surface area contributed by atoms with E-state index in [-0.39, 0.29) is 6.54 Å². The fraction of sp³-hybridized carbons (Fsp3) is 0.346. The number of benzene rings is 2. The minimum atomic E-state index is -3.50. The molecule has 0 bridgehead atoms. The van der Waals surface area contributed by atoms with Crippen LogP contribution in [0.2, 0.25) is 0 Å². The highest BCUT2D eigenvalue weighted by Gasteiger charge is 2.23. The second-order valence-corrected chi connectivity index (χ2v) is 9.92. The highest BCUT2D eigenvalue weighted by molar-refractivity contribution is 7.90. The highest BCUT2D eigenvalue weighted by Crippen LogP contribution is 2.15. The second kappa shape index (κ2) is 13.1. The predicted octanol–water partition coefficient (Wildman–Crippen LogP) is 4.43. The molecule has 33 heavy (non-hydrogen) atoms. The van der Waals surface area contributed by atoms with Crippen LogP contribution < -0.4 is 14.8 Å². The van der Waals surface area contributed by atoms with Crippen LogP contribution in [0.1, 0.15) is 42.9 Å². The van der Waals surface area contributed by atoms with Crippen LogP contribution in [-0.2, 0) is 29.6 Å². The maximum Gasteiger partial charge on any atom is 0.227 e. The van der Waals surface area contributed by atoms with Crippen molar-refractivity contribution >= 4 is 10.0 Å². The monoisotopic (exact) mass is 467 g/mol. The lowest BCUT2D eigenvalue weighted by atomic mass is 10.1.